The van der Waals surface area contributed by atoms with Crippen molar-refractivity contribution in [3.63, 3.8) is 0 Å². The molecule has 0 saturated heterocycles. The van der Waals surface area contributed by atoms with Gasteiger partial charge in [0.15, 0.2) is 0 Å². The second-order valence-electron chi connectivity index (χ2n) is 3.45. The molecule has 1 aromatic rings. The normalized spacial score (nSPS) is 18.8. The maximum Gasteiger partial charge on any atom is 0.212 e. The average molecular weight is 293 g/mol. The zero-order valence-electron chi connectivity index (χ0n) is 8.76. The van der Waals surface area contributed by atoms with Gasteiger partial charge in [-0.15, -0.1) is 0 Å². The van der Waals surface area contributed by atoms with Gasteiger partial charge in [0.2, 0.25) is 5.78 Å². The van der Waals surface area contributed by atoms with Crippen molar-refractivity contribution in [1.29, 1.82) is 0 Å². The number of aromatic nitrogens is 1. The Bertz CT molecular complexity index is 508. The van der Waals surface area contributed by atoms with Gasteiger partial charge in [-0.3, -0.25) is 9.78 Å². The maximum atomic E-state index is 12.0. The van der Waals surface area contributed by atoms with Crippen LogP contribution in [-0.2, 0) is 4.79 Å². The van der Waals surface area contributed by atoms with Crippen molar-refractivity contribution in [2.45, 2.75) is 6.04 Å². The molecule has 0 aliphatic carbocycles. The van der Waals surface area contributed by atoms with Gasteiger partial charge >= 0.3 is 0 Å². The quantitative estimate of drug-likeness (QED) is 0.679. The van der Waals surface area contributed by atoms with E-state index in [1.807, 2.05) is 0 Å². The molecule has 1 atom stereocenters. The third-order valence-corrected chi connectivity index (χ3v) is 3.03. The lowest BCUT2D eigenvalue weighted by Gasteiger charge is -2.16. The number of dihydropyridines is 1. The number of halogens is 1. The summed E-state index contributed by atoms with van der Waals surface area (Å²) >= 11 is 3.25. The number of ketones is 1. The highest BCUT2D eigenvalue weighted by atomic mass is 79.9. The maximum absolute atomic E-state index is 12.0. The summed E-state index contributed by atoms with van der Waals surface area (Å²) in [5.41, 5.74) is 0.843. The molecule has 0 aromatic carbocycles. The van der Waals surface area contributed by atoms with E-state index in [1.165, 1.54) is 6.20 Å². The number of allylic oxidation sites excluding steroid dienone is 2. The second-order valence-corrected chi connectivity index (χ2v) is 4.37. The van der Waals surface area contributed by atoms with Crippen molar-refractivity contribution in [2.24, 2.45) is 0 Å². The zero-order valence-corrected chi connectivity index (χ0v) is 10.3. The minimum absolute atomic E-state index is 0.181. The molecular formula is C12H9BrN2O2. The van der Waals surface area contributed by atoms with Crippen LogP contribution in [0.2, 0.25) is 0 Å². The van der Waals surface area contributed by atoms with Crippen LogP contribution in [0.25, 0.3) is 0 Å². The van der Waals surface area contributed by atoms with Crippen molar-refractivity contribution in [1.82, 2.24) is 10.3 Å². The fourth-order valence-corrected chi connectivity index (χ4v) is 1.91. The molecule has 0 fully saturated rings. The molecule has 5 heteroatoms. The predicted octanol–water partition coefficient (Wildman–Crippen LogP) is 1.60. The molecule has 2 heterocycles. The molecule has 1 N–H and O–H groups in total. The summed E-state index contributed by atoms with van der Waals surface area (Å²) < 4.78 is 0.634. The number of pyridine rings is 1. The van der Waals surface area contributed by atoms with E-state index in [2.05, 4.69) is 26.2 Å². The van der Waals surface area contributed by atoms with Gasteiger partial charge in [-0.1, -0.05) is 22.0 Å². The average Bonchev–Trinajstić information content (AvgIpc) is 2.39. The molecule has 0 radical (unpaired) electrons. The molecule has 1 aromatic heterocycles. The van der Waals surface area contributed by atoms with E-state index < -0.39 is 6.04 Å². The van der Waals surface area contributed by atoms with Crippen molar-refractivity contribution in [2.75, 3.05) is 0 Å². The molecule has 0 spiro atoms. The number of carbonyl (C=O) groups is 2. The van der Waals surface area contributed by atoms with Crippen molar-refractivity contribution in [3.05, 3.63) is 52.4 Å². The molecule has 0 amide bonds. The Morgan fingerprint density at radius 2 is 2.29 bits per heavy atom. The highest BCUT2D eigenvalue weighted by Crippen LogP contribution is 2.19. The van der Waals surface area contributed by atoms with Gasteiger partial charge in [0.25, 0.3) is 0 Å². The van der Waals surface area contributed by atoms with E-state index in [1.54, 1.807) is 30.5 Å². The lowest BCUT2D eigenvalue weighted by Crippen LogP contribution is -2.30. The molecule has 2 rings (SSSR count). The number of nitrogens with zero attached hydrogens (tertiary/aromatic N) is 1. The Kier molecular flexibility index (Phi) is 3.49. The van der Waals surface area contributed by atoms with E-state index >= 15 is 0 Å². The summed E-state index contributed by atoms with van der Waals surface area (Å²) in [7, 11) is 0. The molecule has 1 unspecified atom stereocenters. The van der Waals surface area contributed by atoms with E-state index in [9.17, 15) is 9.59 Å². The van der Waals surface area contributed by atoms with E-state index in [4.69, 9.17) is 0 Å². The number of rotatable bonds is 3. The van der Waals surface area contributed by atoms with Gasteiger partial charge in [-0.2, -0.15) is 0 Å². The van der Waals surface area contributed by atoms with Crippen molar-refractivity contribution < 1.29 is 9.59 Å². The predicted molar refractivity (Wildman–Crippen MR) is 66.6 cm³/mol. The largest absolute Gasteiger partial charge is 0.377 e. The summed E-state index contributed by atoms with van der Waals surface area (Å²) in [6, 6.07) is 4.73. The monoisotopic (exact) mass is 292 g/mol. The standard InChI is InChI=1S/C12H9BrN2O2/c13-9-5-8(6-15-11(9)7-16)12(17)10-3-1-2-4-14-10/h1-7,11,15H. The van der Waals surface area contributed by atoms with Crippen LogP contribution in [0.1, 0.15) is 10.5 Å². The Morgan fingerprint density at radius 1 is 1.47 bits per heavy atom. The summed E-state index contributed by atoms with van der Waals surface area (Å²) in [5.74, 6) is -0.181. The fraction of sp³-hybridized carbons (Fsp3) is 0.0833. The van der Waals surface area contributed by atoms with Crippen LogP contribution in [0.15, 0.2) is 46.7 Å². The highest BCUT2D eigenvalue weighted by molar-refractivity contribution is 9.11. The molecule has 4 nitrogen and oxygen atoms in total. The van der Waals surface area contributed by atoms with Gasteiger partial charge in [0.1, 0.15) is 18.0 Å². The Labute approximate surface area is 107 Å². The Balaban J connectivity index is 2.24. The minimum atomic E-state index is -0.421. The highest BCUT2D eigenvalue weighted by Gasteiger charge is 2.19. The number of Topliss-reactive ketones (excluding diaryl/α,β-unsaturated/α-hetero) is 1. The Morgan fingerprint density at radius 3 is 2.88 bits per heavy atom. The van der Waals surface area contributed by atoms with Crippen molar-refractivity contribution >= 4 is 28.0 Å². The molecule has 0 saturated carbocycles. The molecule has 1 aliphatic rings. The van der Waals surface area contributed by atoms with Crippen LogP contribution in [-0.4, -0.2) is 23.1 Å². The second kappa shape index (κ2) is 5.05. The van der Waals surface area contributed by atoms with Crippen LogP contribution in [0.5, 0.6) is 0 Å². The van der Waals surface area contributed by atoms with Gasteiger partial charge < -0.3 is 10.1 Å². The van der Waals surface area contributed by atoms with Gasteiger partial charge in [-0.05, 0) is 18.2 Å². The third kappa shape index (κ3) is 2.50. The van der Waals surface area contributed by atoms with Crippen molar-refractivity contribution in [3.8, 4) is 0 Å². The first-order valence-corrected chi connectivity index (χ1v) is 5.76. The molecular weight excluding hydrogens is 284 g/mol. The molecule has 17 heavy (non-hydrogen) atoms. The fourth-order valence-electron chi connectivity index (χ4n) is 1.42. The van der Waals surface area contributed by atoms with E-state index in [-0.39, 0.29) is 5.78 Å². The zero-order chi connectivity index (χ0) is 12.3. The summed E-state index contributed by atoms with van der Waals surface area (Å²) in [6.45, 7) is 0. The Hall–Kier alpha value is -1.75. The van der Waals surface area contributed by atoms with Gasteiger partial charge in [-0.25, -0.2) is 0 Å². The molecule has 0 bridgehead atoms. The topological polar surface area (TPSA) is 59.1 Å². The lowest BCUT2D eigenvalue weighted by molar-refractivity contribution is -0.108. The van der Waals surface area contributed by atoms with Gasteiger partial charge in [0.05, 0.1) is 0 Å². The number of aldehydes is 1. The van der Waals surface area contributed by atoms with Crippen LogP contribution < -0.4 is 5.32 Å². The first kappa shape index (κ1) is 11.7. The SMILES string of the molecule is O=CC1NC=C(C(=O)c2ccccn2)C=C1Br. The smallest absolute Gasteiger partial charge is 0.212 e. The number of carbonyl (C=O) groups excluding carboxylic acids is 2. The van der Waals surface area contributed by atoms with Crippen LogP contribution >= 0.6 is 15.9 Å². The summed E-state index contributed by atoms with van der Waals surface area (Å²) in [6.07, 6.45) is 5.49. The molecule has 1 aliphatic heterocycles. The third-order valence-electron chi connectivity index (χ3n) is 2.30. The van der Waals surface area contributed by atoms with E-state index in [0.717, 1.165) is 6.29 Å². The first-order chi connectivity index (χ1) is 8.22. The first-order valence-electron chi connectivity index (χ1n) is 4.96. The van der Waals surface area contributed by atoms with Crippen LogP contribution in [0.3, 0.4) is 0 Å². The van der Waals surface area contributed by atoms with Gasteiger partial charge in [0, 0.05) is 22.5 Å². The number of nitrogens with one attached hydrogen (secondary N) is 1. The summed E-state index contributed by atoms with van der Waals surface area (Å²) in [5, 5.41) is 2.83. The van der Waals surface area contributed by atoms with E-state index in [0.29, 0.717) is 15.7 Å². The lowest BCUT2D eigenvalue weighted by atomic mass is 10.1. The number of hydrogen-bond acceptors (Lipinski definition) is 4. The minimum Gasteiger partial charge on any atom is -0.377 e. The number of hydrogen-bond donors (Lipinski definition) is 1. The summed E-state index contributed by atoms with van der Waals surface area (Å²) in [4.78, 5) is 26.7. The molecule has 86 valence electrons. The van der Waals surface area contributed by atoms with Crippen LogP contribution in [0.4, 0.5) is 0 Å². The van der Waals surface area contributed by atoms with Crippen LogP contribution in [0, 0.1) is 0 Å².